The van der Waals surface area contributed by atoms with E-state index in [1.807, 2.05) is 75.8 Å². The van der Waals surface area contributed by atoms with Crippen LogP contribution in [0, 0.1) is 0 Å². The van der Waals surface area contributed by atoms with Crippen molar-refractivity contribution in [2.45, 2.75) is 135 Å². The number of hydrogen-bond acceptors (Lipinski definition) is 10. The summed E-state index contributed by atoms with van der Waals surface area (Å²) in [6.07, 6.45) is 52.9. The number of likely N-dealkylation sites (N-methyl/N-ethyl adjacent to an activating group) is 1. The lowest BCUT2D eigenvalue weighted by atomic mass is 10.2. The first-order valence-corrected chi connectivity index (χ1v) is 24.6. The van der Waals surface area contributed by atoms with E-state index in [1.54, 1.807) is 30.4 Å². The van der Waals surface area contributed by atoms with Gasteiger partial charge in [-0.15, -0.1) is 0 Å². The highest BCUT2D eigenvalue weighted by Gasteiger charge is 2.21. The molecule has 0 saturated heterocycles. The molecule has 64 heavy (non-hydrogen) atoms. The van der Waals surface area contributed by atoms with E-state index in [4.69, 9.17) is 18.5 Å². The topological polar surface area (TPSA) is 152 Å². The monoisotopic (exact) mass is 912 g/mol. The van der Waals surface area contributed by atoms with Crippen molar-refractivity contribution in [3.8, 4) is 0 Å². The Morgan fingerprint density at radius 3 is 1.80 bits per heavy atom. The zero-order valence-corrected chi connectivity index (χ0v) is 40.5. The quantitative estimate of drug-likeness (QED) is 0.0152. The number of aliphatic hydroxyl groups excluding tert-OH is 2. The number of rotatable bonds is 39. The number of ether oxygens (including phenoxy) is 2. The number of hydrogen-bond donors (Lipinski definition) is 2. The molecule has 0 amide bonds. The van der Waals surface area contributed by atoms with E-state index in [-0.39, 0.29) is 26.1 Å². The molecule has 1 unspecified atom stereocenters. The van der Waals surface area contributed by atoms with Crippen molar-refractivity contribution in [2.24, 2.45) is 0 Å². The average molecular weight is 912 g/mol. The van der Waals surface area contributed by atoms with Crippen LogP contribution in [0.5, 0.6) is 0 Å². The Hall–Kier alpha value is -3.93. The van der Waals surface area contributed by atoms with Gasteiger partial charge >= 0.3 is 11.9 Å². The van der Waals surface area contributed by atoms with E-state index in [0.717, 1.165) is 38.5 Å². The van der Waals surface area contributed by atoms with E-state index in [9.17, 15) is 29.3 Å². The van der Waals surface area contributed by atoms with Gasteiger partial charge in [-0.25, -0.2) is 0 Å². The van der Waals surface area contributed by atoms with Crippen LogP contribution in [0.25, 0.3) is 0 Å². The van der Waals surface area contributed by atoms with Crippen LogP contribution in [0.3, 0.4) is 0 Å². The number of aliphatic hydroxyl groups is 2. The minimum atomic E-state index is -4.71. The molecule has 0 bridgehead atoms. The van der Waals surface area contributed by atoms with E-state index < -0.39 is 44.7 Å². The third-order valence-corrected chi connectivity index (χ3v) is 9.81. The normalized spacial score (nSPS) is 15.7. The summed E-state index contributed by atoms with van der Waals surface area (Å²) in [5.41, 5.74) is 0. The van der Waals surface area contributed by atoms with Crippen molar-refractivity contribution in [1.82, 2.24) is 0 Å². The van der Waals surface area contributed by atoms with Crippen molar-refractivity contribution >= 4 is 19.8 Å². The Balaban J connectivity index is 4.72. The first kappa shape index (κ1) is 60.1. The van der Waals surface area contributed by atoms with Crippen molar-refractivity contribution in [2.75, 3.05) is 47.5 Å². The molecule has 12 heteroatoms. The summed E-state index contributed by atoms with van der Waals surface area (Å²) in [5.74, 6) is -1.13. The fourth-order valence-corrected chi connectivity index (χ4v) is 5.93. The van der Waals surface area contributed by atoms with E-state index in [2.05, 4.69) is 62.5 Å². The molecule has 0 aliphatic rings. The number of quaternary nitrogens is 1. The molecular formula is C52H82NO10P. The number of allylic oxidation sites excluding steroid dienone is 18. The molecule has 0 heterocycles. The van der Waals surface area contributed by atoms with Crippen LogP contribution >= 0.6 is 7.82 Å². The van der Waals surface area contributed by atoms with Gasteiger partial charge in [-0.05, 0) is 77.0 Å². The molecule has 0 radical (unpaired) electrons. The van der Waals surface area contributed by atoms with Crippen LogP contribution in [-0.2, 0) is 32.7 Å². The second kappa shape index (κ2) is 41.8. The Bertz CT molecular complexity index is 1580. The van der Waals surface area contributed by atoms with Crippen LogP contribution in [0.15, 0.2) is 134 Å². The minimum Gasteiger partial charge on any atom is -0.756 e. The second-order valence-electron chi connectivity index (χ2n) is 16.1. The third-order valence-electron chi connectivity index (χ3n) is 8.84. The van der Waals surface area contributed by atoms with Crippen molar-refractivity contribution in [3.63, 3.8) is 0 Å². The molecule has 0 fully saturated rings. The molecule has 11 nitrogen and oxygen atoms in total. The molecular weight excluding hydrogens is 830 g/mol. The van der Waals surface area contributed by atoms with Gasteiger partial charge < -0.3 is 38.1 Å². The van der Waals surface area contributed by atoms with Gasteiger partial charge in [0, 0.05) is 12.8 Å². The highest BCUT2D eigenvalue weighted by molar-refractivity contribution is 7.45. The SMILES string of the molecule is CC/C=C\C[C@@H](O)/C=C/C=C\C/C=C\C=C\[C@@H](O)/C=C\CCCC(=O)OC[C@H](COP(=O)([O-])OCC[N+](C)(C)C)OC(=O)CC/C=C\C/C=C\C/C=C\C/C=C\C/C=C\CCCCC. The average Bonchev–Trinajstić information content (AvgIpc) is 3.24. The van der Waals surface area contributed by atoms with Gasteiger partial charge in [0.05, 0.1) is 40.0 Å². The summed E-state index contributed by atoms with van der Waals surface area (Å²) >= 11 is 0. The summed E-state index contributed by atoms with van der Waals surface area (Å²) in [4.78, 5) is 37.6. The summed E-state index contributed by atoms with van der Waals surface area (Å²) in [6, 6.07) is 0. The zero-order valence-electron chi connectivity index (χ0n) is 39.6. The predicted octanol–water partition coefficient (Wildman–Crippen LogP) is 10.8. The van der Waals surface area contributed by atoms with Gasteiger partial charge in [-0.2, -0.15) is 0 Å². The lowest BCUT2D eigenvalue weighted by Gasteiger charge is -2.28. The molecule has 0 aliphatic carbocycles. The van der Waals surface area contributed by atoms with Gasteiger partial charge in [-0.1, -0.05) is 160 Å². The Morgan fingerprint density at radius 2 is 1.19 bits per heavy atom. The smallest absolute Gasteiger partial charge is 0.306 e. The van der Waals surface area contributed by atoms with Crippen molar-refractivity contribution < 1.29 is 52.3 Å². The van der Waals surface area contributed by atoms with E-state index in [1.165, 1.54) is 19.3 Å². The number of esters is 2. The standard InChI is InChI=1S/C52H82NO10P/c1-6-8-10-11-12-13-14-15-16-17-18-19-20-21-22-23-27-30-36-43-52(57)63-50(47-62-64(58,59)61-45-44-53(3,4)5)46-60-51(56)42-37-31-35-41-49(55)40-34-29-26-24-25-28-33-39-48(54)38-32-9-7-2/h9,12-13,15-16,18-19,21-22,25-30,32-35,39-41,48-50,54-55H,6-8,10-11,14,17,20,23-24,31,36-38,42-47H2,1-5H3/b13-12-,16-15-,19-18-,22-21-,28-25-,29-26-,30-27-,32-9-,39-33+,40-34+,41-35-/t48-,49-,50-/m1/s1. The van der Waals surface area contributed by atoms with Gasteiger partial charge in [-0.3, -0.25) is 14.2 Å². The van der Waals surface area contributed by atoms with Crippen LogP contribution < -0.4 is 4.89 Å². The van der Waals surface area contributed by atoms with Gasteiger partial charge in [0.2, 0.25) is 0 Å². The first-order chi connectivity index (χ1) is 30.8. The highest BCUT2D eigenvalue weighted by Crippen LogP contribution is 2.38. The number of carbonyl (C=O) groups excluding carboxylic acids is 2. The maximum absolute atomic E-state index is 12.7. The Morgan fingerprint density at radius 1 is 0.609 bits per heavy atom. The molecule has 0 aliphatic heterocycles. The van der Waals surface area contributed by atoms with E-state index in [0.29, 0.717) is 43.1 Å². The lowest BCUT2D eigenvalue weighted by Crippen LogP contribution is -2.37. The number of phosphoric ester groups is 1. The number of carbonyl (C=O) groups is 2. The minimum absolute atomic E-state index is 0.0493. The first-order valence-electron chi connectivity index (χ1n) is 23.1. The Labute approximate surface area is 386 Å². The number of nitrogens with zero attached hydrogens (tertiary/aromatic N) is 1. The molecule has 0 saturated carbocycles. The summed E-state index contributed by atoms with van der Waals surface area (Å²) in [6.45, 7) is 3.66. The van der Waals surface area contributed by atoms with Crippen LogP contribution in [-0.4, -0.2) is 92.5 Å². The van der Waals surface area contributed by atoms with E-state index >= 15 is 0 Å². The Kier molecular flexibility index (Phi) is 39.2. The largest absolute Gasteiger partial charge is 0.756 e. The molecule has 0 spiro atoms. The molecule has 0 aromatic carbocycles. The summed E-state index contributed by atoms with van der Waals surface area (Å²) in [5, 5.41) is 20.0. The van der Waals surface area contributed by atoms with Gasteiger partial charge in [0.1, 0.15) is 19.8 Å². The summed E-state index contributed by atoms with van der Waals surface area (Å²) in [7, 11) is 0.980. The van der Waals surface area contributed by atoms with Crippen LogP contribution in [0.4, 0.5) is 0 Å². The fourth-order valence-electron chi connectivity index (χ4n) is 5.20. The predicted molar refractivity (Wildman–Crippen MR) is 261 cm³/mol. The molecule has 360 valence electrons. The molecule has 0 aromatic heterocycles. The fraction of sp³-hybridized carbons (Fsp3) is 0.538. The molecule has 0 aromatic rings. The maximum atomic E-state index is 12.7. The number of phosphoric acid groups is 1. The van der Waals surface area contributed by atoms with Crippen LogP contribution in [0.2, 0.25) is 0 Å². The molecule has 0 rings (SSSR count). The van der Waals surface area contributed by atoms with Crippen molar-refractivity contribution in [3.05, 3.63) is 134 Å². The van der Waals surface area contributed by atoms with Gasteiger partial charge in [0.15, 0.2) is 6.10 Å². The number of unbranched alkanes of at least 4 members (excludes halogenated alkanes) is 4. The maximum Gasteiger partial charge on any atom is 0.306 e. The summed E-state index contributed by atoms with van der Waals surface area (Å²) < 4.78 is 33.7. The lowest BCUT2D eigenvalue weighted by molar-refractivity contribution is -0.870. The highest BCUT2D eigenvalue weighted by atomic mass is 31.2. The molecule has 2 N–H and O–H groups in total. The second-order valence-corrected chi connectivity index (χ2v) is 17.5. The zero-order chi connectivity index (χ0) is 47.4. The molecule has 4 atom stereocenters. The third kappa shape index (κ3) is 44.7. The van der Waals surface area contributed by atoms with Crippen LogP contribution in [0.1, 0.15) is 117 Å². The van der Waals surface area contributed by atoms with Crippen molar-refractivity contribution in [1.29, 1.82) is 0 Å². The van der Waals surface area contributed by atoms with Gasteiger partial charge in [0.25, 0.3) is 7.82 Å².